The number of carbonyl (C=O) groups is 1. The monoisotopic (exact) mass is 261 g/mol. The van der Waals surface area contributed by atoms with Gasteiger partial charge in [-0.25, -0.2) is 4.98 Å². The molecule has 0 saturated carbocycles. The van der Waals surface area contributed by atoms with Gasteiger partial charge in [0.15, 0.2) is 0 Å². The van der Waals surface area contributed by atoms with Crippen LogP contribution >= 0.6 is 0 Å². The van der Waals surface area contributed by atoms with Gasteiger partial charge in [-0.3, -0.25) is 4.79 Å². The second-order valence-corrected chi connectivity index (χ2v) is 4.74. The number of amides is 1. The quantitative estimate of drug-likeness (QED) is 0.759. The summed E-state index contributed by atoms with van der Waals surface area (Å²) in [5.74, 6) is -0.107. The number of anilines is 1. The zero-order valence-electron chi connectivity index (χ0n) is 11.2. The van der Waals surface area contributed by atoms with Gasteiger partial charge in [0.25, 0.3) is 5.91 Å². The van der Waals surface area contributed by atoms with Gasteiger partial charge in [0.1, 0.15) is 5.69 Å². The minimum Gasteiger partial charge on any atom is -0.397 e. The van der Waals surface area contributed by atoms with Crippen molar-refractivity contribution in [3.8, 4) is 0 Å². The summed E-state index contributed by atoms with van der Waals surface area (Å²) in [5.41, 5.74) is 7.94. The summed E-state index contributed by atoms with van der Waals surface area (Å²) in [6, 6.07) is 1.90. The lowest BCUT2D eigenvalue weighted by Gasteiger charge is -2.12. The largest absolute Gasteiger partial charge is 0.397 e. The molecule has 0 radical (unpaired) electrons. The molecule has 102 valence electrons. The third-order valence-electron chi connectivity index (χ3n) is 2.89. The van der Waals surface area contributed by atoms with Gasteiger partial charge in [-0.1, -0.05) is 0 Å². The number of aromatic amines is 1. The zero-order chi connectivity index (χ0) is 13.8. The van der Waals surface area contributed by atoms with E-state index in [9.17, 15) is 4.79 Å². The van der Waals surface area contributed by atoms with E-state index in [1.54, 1.807) is 24.8 Å². The maximum absolute atomic E-state index is 12.1. The average Bonchev–Trinajstić information content (AvgIpc) is 2.98. The van der Waals surface area contributed by atoms with E-state index in [0.29, 0.717) is 17.9 Å². The summed E-state index contributed by atoms with van der Waals surface area (Å²) in [4.78, 5) is 19.0. The second kappa shape index (κ2) is 5.60. The molecule has 2 aromatic rings. The minimum absolute atomic E-state index is 0.107. The normalized spacial score (nSPS) is 10.9. The third kappa shape index (κ3) is 3.15. The molecule has 4 N–H and O–H groups in total. The molecule has 0 spiro atoms. The number of nitrogen functional groups attached to an aromatic ring is 1. The molecule has 0 aliphatic heterocycles. The van der Waals surface area contributed by atoms with Gasteiger partial charge in [0.2, 0.25) is 0 Å². The third-order valence-corrected chi connectivity index (χ3v) is 2.89. The first kappa shape index (κ1) is 13.2. The van der Waals surface area contributed by atoms with Crippen molar-refractivity contribution in [2.24, 2.45) is 0 Å². The van der Waals surface area contributed by atoms with Crippen molar-refractivity contribution in [2.45, 2.75) is 26.3 Å². The number of imidazole rings is 1. The Balaban J connectivity index is 1.96. The number of aromatic nitrogens is 3. The van der Waals surface area contributed by atoms with E-state index in [-0.39, 0.29) is 11.9 Å². The number of rotatable bonds is 5. The highest BCUT2D eigenvalue weighted by Gasteiger charge is 2.14. The predicted molar refractivity (Wildman–Crippen MR) is 73.9 cm³/mol. The van der Waals surface area contributed by atoms with Crippen LogP contribution in [0.5, 0.6) is 0 Å². The van der Waals surface area contributed by atoms with Crippen LogP contribution in [0.2, 0.25) is 0 Å². The molecule has 0 bridgehead atoms. The van der Waals surface area contributed by atoms with E-state index in [4.69, 9.17) is 5.73 Å². The molecular weight excluding hydrogens is 242 g/mol. The van der Waals surface area contributed by atoms with Crippen LogP contribution in [-0.2, 0) is 6.42 Å². The number of H-pyrrole nitrogens is 1. The SMILES string of the molecule is CC(C)n1cc(N)cc1C(=O)NCCc1cnc[nH]1. The van der Waals surface area contributed by atoms with Gasteiger partial charge < -0.3 is 20.6 Å². The Bertz CT molecular complexity index is 541. The van der Waals surface area contributed by atoms with E-state index in [1.807, 2.05) is 18.4 Å². The van der Waals surface area contributed by atoms with E-state index in [1.165, 1.54) is 0 Å². The van der Waals surface area contributed by atoms with Crippen molar-refractivity contribution >= 4 is 11.6 Å². The highest BCUT2D eigenvalue weighted by Crippen LogP contribution is 2.16. The van der Waals surface area contributed by atoms with Gasteiger partial charge in [-0.15, -0.1) is 0 Å². The van der Waals surface area contributed by atoms with Gasteiger partial charge in [-0.05, 0) is 19.9 Å². The summed E-state index contributed by atoms with van der Waals surface area (Å²) >= 11 is 0. The maximum Gasteiger partial charge on any atom is 0.268 e. The molecule has 19 heavy (non-hydrogen) atoms. The average molecular weight is 261 g/mol. The van der Waals surface area contributed by atoms with Gasteiger partial charge in [0, 0.05) is 37.1 Å². The van der Waals surface area contributed by atoms with Gasteiger partial charge >= 0.3 is 0 Å². The molecular formula is C13H19N5O. The van der Waals surface area contributed by atoms with Crippen LogP contribution in [0.15, 0.2) is 24.8 Å². The highest BCUT2D eigenvalue weighted by molar-refractivity contribution is 5.93. The molecule has 0 aromatic carbocycles. The Labute approximate surface area is 112 Å². The van der Waals surface area contributed by atoms with Crippen LogP contribution in [0.25, 0.3) is 0 Å². The molecule has 0 saturated heterocycles. The first-order valence-electron chi connectivity index (χ1n) is 6.30. The molecule has 2 aromatic heterocycles. The second-order valence-electron chi connectivity index (χ2n) is 4.74. The number of nitrogens with two attached hydrogens (primary N) is 1. The van der Waals surface area contributed by atoms with E-state index >= 15 is 0 Å². The summed E-state index contributed by atoms with van der Waals surface area (Å²) in [6.45, 7) is 4.59. The van der Waals surface area contributed by atoms with Crippen molar-refractivity contribution in [3.05, 3.63) is 36.2 Å². The fraction of sp³-hybridized carbons (Fsp3) is 0.385. The topological polar surface area (TPSA) is 88.7 Å². The minimum atomic E-state index is -0.107. The van der Waals surface area contributed by atoms with Crippen molar-refractivity contribution in [1.82, 2.24) is 19.9 Å². The summed E-state index contributed by atoms with van der Waals surface area (Å²) in [7, 11) is 0. The zero-order valence-corrected chi connectivity index (χ0v) is 11.2. The van der Waals surface area contributed by atoms with Gasteiger partial charge in [-0.2, -0.15) is 0 Å². The fourth-order valence-electron chi connectivity index (χ4n) is 1.93. The lowest BCUT2D eigenvalue weighted by Crippen LogP contribution is -2.28. The molecule has 0 aliphatic rings. The summed E-state index contributed by atoms with van der Waals surface area (Å²) < 4.78 is 1.88. The number of nitrogens with zero attached hydrogens (tertiary/aromatic N) is 2. The number of hydrogen-bond donors (Lipinski definition) is 3. The van der Waals surface area contributed by atoms with Crippen LogP contribution in [0.1, 0.15) is 36.1 Å². The Morgan fingerprint density at radius 3 is 3.00 bits per heavy atom. The van der Waals surface area contributed by atoms with E-state index in [0.717, 1.165) is 12.1 Å². The molecule has 0 atom stereocenters. The summed E-state index contributed by atoms with van der Waals surface area (Å²) in [6.07, 6.45) is 5.89. The van der Waals surface area contributed by atoms with Crippen LogP contribution in [0.3, 0.4) is 0 Å². The van der Waals surface area contributed by atoms with E-state index < -0.39 is 0 Å². The molecule has 0 aliphatic carbocycles. The van der Waals surface area contributed by atoms with Crippen LogP contribution < -0.4 is 11.1 Å². The summed E-state index contributed by atoms with van der Waals surface area (Å²) in [5, 5.41) is 2.88. The smallest absolute Gasteiger partial charge is 0.268 e. The Morgan fingerprint density at radius 2 is 2.37 bits per heavy atom. The van der Waals surface area contributed by atoms with Crippen LogP contribution in [0.4, 0.5) is 5.69 Å². The lowest BCUT2D eigenvalue weighted by atomic mass is 10.3. The Kier molecular flexibility index (Phi) is 3.89. The standard InChI is InChI=1S/C13H19N5O/c1-9(2)18-7-10(14)5-12(18)13(19)16-4-3-11-6-15-8-17-11/h5-9H,3-4,14H2,1-2H3,(H,15,17)(H,16,19). The molecule has 0 unspecified atom stereocenters. The molecule has 1 amide bonds. The molecule has 6 heteroatoms. The highest BCUT2D eigenvalue weighted by atomic mass is 16.1. The molecule has 0 fully saturated rings. The number of hydrogen-bond acceptors (Lipinski definition) is 3. The van der Waals surface area contributed by atoms with E-state index in [2.05, 4.69) is 15.3 Å². The molecule has 2 heterocycles. The van der Waals surface area contributed by atoms with Crippen LogP contribution in [-0.4, -0.2) is 27.0 Å². The van der Waals surface area contributed by atoms with Crippen molar-refractivity contribution in [3.63, 3.8) is 0 Å². The Morgan fingerprint density at radius 1 is 1.58 bits per heavy atom. The van der Waals surface area contributed by atoms with Crippen molar-refractivity contribution < 1.29 is 4.79 Å². The Hall–Kier alpha value is -2.24. The fourth-order valence-corrected chi connectivity index (χ4v) is 1.93. The lowest BCUT2D eigenvalue weighted by molar-refractivity contribution is 0.0943. The first-order chi connectivity index (χ1) is 9.08. The first-order valence-corrected chi connectivity index (χ1v) is 6.30. The van der Waals surface area contributed by atoms with Crippen molar-refractivity contribution in [2.75, 3.05) is 12.3 Å². The number of nitrogens with one attached hydrogen (secondary N) is 2. The number of carbonyl (C=O) groups excluding carboxylic acids is 1. The maximum atomic E-state index is 12.1. The van der Waals surface area contributed by atoms with Crippen LogP contribution in [0, 0.1) is 0 Å². The predicted octanol–water partition coefficient (Wildman–Crippen LogP) is 1.35. The molecule has 2 rings (SSSR count). The van der Waals surface area contributed by atoms with Gasteiger partial charge in [0.05, 0.1) is 12.0 Å². The van der Waals surface area contributed by atoms with Crippen molar-refractivity contribution in [1.29, 1.82) is 0 Å². The molecule has 6 nitrogen and oxygen atoms in total.